The first kappa shape index (κ1) is 11.8. The van der Waals surface area contributed by atoms with Crippen LogP contribution in [0.5, 0.6) is 5.75 Å². The molecule has 0 fully saturated rings. The van der Waals surface area contributed by atoms with Crippen LogP contribution in [0.25, 0.3) is 0 Å². The van der Waals surface area contributed by atoms with Gasteiger partial charge >= 0.3 is 0 Å². The van der Waals surface area contributed by atoms with Crippen molar-refractivity contribution in [3.8, 4) is 5.75 Å². The van der Waals surface area contributed by atoms with E-state index in [4.69, 9.17) is 4.74 Å². The lowest BCUT2D eigenvalue weighted by Crippen LogP contribution is -2.13. The molecule has 1 unspecified atom stereocenters. The van der Waals surface area contributed by atoms with Crippen LogP contribution in [0.4, 0.5) is 0 Å². The number of para-hydroxylation sites is 1. The molecule has 0 aromatic heterocycles. The van der Waals surface area contributed by atoms with Crippen LogP contribution in [0.3, 0.4) is 0 Å². The molecular weight excluding hydrogens is 186 g/mol. The fourth-order valence-electron chi connectivity index (χ4n) is 1.45. The Kier molecular flexibility index (Phi) is 4.37. The monoisotopic (exact) mass is 205 g/mol. The van der Waals surface area contributed by atoms with Gasteiger partial charge < -0.3 is 10.1 Å². The van der Waals surface area contributed by atoms with E-state index in [-0.39, 0.29) is 6.10 Å². The second kappa shape index (κ2) is 5.56. The fourth-order valence-corrected chi connectivity index (χ4v) is 1.45. The summed E-state index contributed by atoms with van der Waals surface area (Å²) < 4.78 is 5.82. The molecule has 0 bridgehead atoms. The summed E-state index contributed by atoms with van der Waals surface area (Å²) in [6, 6.07) is 6.19. The lowest BCUT2D eigenvalue weighted by Gasteiger charge is -2.16. The summed E-state index contributed by atoms with van der Waals surface area (Å²) >= 11 is 0. The zero-order valence-electron chi connectivity index (χ0n) is 9.71. The average molecular weight is 205 g/mol. The van der Waals surface area contributed by atoms with E-state index in [1.54, 1.807) is 6.08 Å². The predicted octanol–water partition coefficient (Wildman–Crippen LogP) is 2.67. The van der Waals surface area contributed by atoms with Crippen molar-refractivity contribution in [3.05, 3.63) is 42.0 Å². The van der Waals surface area contributed by atoms with E-state index in [1.165, 1.54) is 5.56 Å². The Bertz CT molecular complexity index is 333. The Morgan fingerprint density at radius 2 is 2.27 bits per heavy atom. The summed E-state index contributed by atoms with van der Waals surface area (Å²) in [5, 5.41) is 3.14. The van der Waals surface area contributed by atoms with Gasteiger partial charge in [-0.3, -0.25) is 0 Å². The van der Waals surface area contributed by atoms with Crippen LogP contribution in [-0.2, 0) is 6.54 Å². The number of aryl methyl sites for hydroxylation is 1. The molecular formula is C13H19NO. The third-order valence-corrected chi connectivity index (χ3v) is 2.30. The molecule has 0 heterocycles. The predicted molar refractivity (Wildman–Crippen MR) is 64.2 cm³/mol. The van der Waals surface area contributed by atoms with E-state index in [2.05, 4.69) is 31.0 Å². The topological polar surface area (TPSA) is 21.3 Å². The molecule has 0 saturated heterocycles. The molecule has 0 aliphatic rings. The van der Waals surface area contributed by atoms with Crippen LogP contribution >= 0.6 is 0 Å². The van der Waals surface area contributed by atoms with Crippen molar-refractivity contribution >= 4 is 0 Å². The highest BCUT2D eigenvalue weighted by molar-refractivity contribution is 5.41. The van der Waals surface area contributed by atoms with Crippen molar-refractivity contribution in [3.63, 3.8) is 0 Å². The molecule has 0 radical (unpaired) electrons. The number of hydrogen-bond acceptors (Lipinski definition) is 2. The van der Waals surface area contributed by atoms with Crippen LogP contribution in [-0.4, -0.2) is 13.2 Å². The van der Waals surface area contributed by atoms with Crippen molar-refractivity contribution in [2.24, 2.45) is 0 Å². The third-order valence-electron chi connectivity index (χ3n) is 2.30. The standard InChI is InChI=1S/C13H19NO/c1-5-11(3)15-13-10(2)7-6-8-12(13)9-14-4/h5-8,11,14H,1,9H2,2-4H3. The van der Waals surface area contributed by atoms with Gasteiger partial charge in [0.05, 0.1) is 0 Å². The maximum Gasteiger partial charge on any atom is 0.127 e. The van der Waals surface area contributed by atoms with Crippen LogP contribution in [0.15, 0.2) is 30.9 Å². The fraction of sp³-hybridized carbons (Fsp3) is 0.385. The lowest BCUT2D eigenvalue weighted by molar-refractivity contribution is 0.265. The maximum absolute atomic E-state index is 5.82. The van der Waals surface area contributed by atoms with Crippen LogP contribution < -0.4 is 10.1 Å². The van der Waals surface area contributed by atoms with Crippen molar-refractivity contribution in [1.82, 2.24) is 5.32 Å². The molecule has 2 nitrogen and oxygen atoms in total. The molecule has 82 valence electrons. The second-order valence-corrected chi connectivity index (χ2v) is 3.65. The van der Waals surface area contributed by atoms with Gasteiger partial charge in [0.15, 0.2) is 0 Å². The van der Waals surface area contributed by atoms with Crippen molar-refractivity contribution in [2.75, 3.05) is 7.05 Å². The number of ether oxygens (including phenoxy) is 1. The summed E-state index contributed by atoms with van der Waals surface area (Å²) in [6.07, 6.45) is 1.84. The van der Waals surface area contributed by atoms with Crippen LogP contribution in [0.2, 0.25) is 0 Å². The Hall–Kier alpha value is -1.28. The van der Waals surface area contributed by atoms with Crippen LogP contribution in [0.1, 0.15) is 18.1 Å². The van der Waals surface area contributed by atoms with Crippen molar-refractivity contribution in [2.45, 2.75) is 26.5 Å². The zero-order chi connectivity index (χ0) is 11.3. The Labute approximate surface area is 92.0 Å². The molecule has 1 atom stereocenters. The van der Waals surface area contributed by atoms with Gasteiger partial charge in [0.25, 0.3) is 0 Å². The van der Waals surface area contributed by atoms with E-state index < -0.39 is 0 Å². The highest BCUT2D eigenvalue weighted by Gasteiger charge is 2.08. The van der Waals surface area contributed by atoms with Gasteiger partial charge in [-0.25, -0.2) is 0 Å². The van der Waals surface area contributed by atoms with E-state index in [9.17, 15) is 0 Å². The second-order valence-electron chi connectivity index (χ2n) is 3.65. The minimum atomic E-state index is 0.0432. The van der Waals surface area contributed by atoms with E-state index in [0.717, 1.165) is 17.9 Å². The Morgan fingerprint density at radius 3 is 2.87 bits per heavy atom. The summed E-state index contributed by atoms with van der Waals surface area (Å²) in [5.41, 5.74) is 2.35. The molecule has 2 heteroatoms. The van der Waals surface area contributed by atoms with Gasteiger partial charge in [-0.15, -0.1) is 0 Å². The third kappa shape index (κ3) is 3.10. The van der Waals surface area contributed by atoms with E-state index in [0.29, 0.717) is 0 Å². The molecule has 1 rings (SSSR count). The molecule has 0 spiro atoms. The molecule has 1 aromatic rings. The smallest absolute Gasteiger partial charge is 0.127 e. The van der Waals surface area contributed by atoms with Crippen molar-refractivity contribution < 1.29 is 4.74 Å². The highest BCUT2D eigenvalue weighted by atomic mass is 16.5. The molecule has 0 aliphatic carbocycles. The minimum Gasteiger partial charge on any atom is -0.486 e. The molecule has 15 heavy (non-hydrogen) atoms. The summed E-state index contributed by atoms with van der Waals surface area (Å²) in [5.74, 6) is 0.972. The van der Waals surface area contributed by atoms with E-state index >= 15 is 0 Å². The Morgan fingerprint density at radius 1 is 1.53 bits per heavy atom. The zero-order valence-corrected chi connectivity index (χ0v) is 9.71. The summed E-state index contributed by atoms with van der Waals surface area (Å²) in [7, 11) is 1.93. The van der Waals surface area contributed by atoms with Gasteiger partial charge in [0.2, 0.25) is 0 Å². The highest BCUT2D eigenvalue weighted by Crippen LogP contribution is 2.24. The quantitative estimate of drug-likeness (QED) is 0.746. The van der Waals surface area contributed by atoms with E-state index in [1.807, 2.05) is 20.0 Å². The molecule has 0 saturated carbocycles. The number of rotatable bonds is 5. The van der Waals surface area contributed by atoms with Crippen molar-refractivity contribution in [1.29, 1.82) is 0 Å². The molecule has 0 aliphatic heterocycles. The average Bonchev–Trinajstić information content (AvgIpc) is 2.23. The maximum atomic E-state index is 5.82. The lowest BCUT2D eigenvalue weighted by atomic mass is 10.1. The molecule has 1 N–H and O–H groups in total. The largest absolute Gasteiger partial charge is 0.486 e. The minimum absolute atomic E-state index is 0.0432. The first-order valence-electron chi connectivity index (χ1n) is 5.21. The first-order chi connectivity index (χ1) is 7.19. The number of nitrogens with one attached hydrogen (secondary N) is 1. The van der Waals surface area contributed by atoms with Crippen LogP contribution in [0, 0.1) is 6.92 Å². The SMILES string of the molecule is C=CC(C)Oc1c(C)cccc1CNC. The van der Waals surface area contributed by atoms with Gasteiger partial charge in [0.1, 0.15) is 11.9 Å². The van der Waals surface area contributed by atoms with Gasteiger partial charge in [0, 0.05) is 12.1 Å². The number of benzene rings is 1. The van der Waals surface area contributed by atoms with Gasteiger partial charge in [-0.1, -0.05) is 30.9 Å². The molecule has 1 aromatic carbocycles. The number of hydrogen-bond donors (Lipinski definition) is 1. The normalized spacial score (nSPS) is 12.2. The van der Waals surface area contributed by atoms with Gasteiger partial charge in [-0.2, -0.15) is 0 Å². The summed E-state index contributed by atoms with van der Waals surface area (Å²) in [6.45, 7) is 8.59. The molecule has 0 amide bonds. The Balaban J connectivity index is 2.96. The first-order valence-corrected chi connectivity index (χ1v) is 5.21. The summed E-state index contributed by atoms with van der Waals surface area (Å²) in [4.78, 5) is 0. The van der Waals surface area contributed by atoms with Gasteiger partial charge in [-0.05, 0) is 26.5 Å².